The summed E-state index contributed by atoms with van der Waals surface area (Å²) in [6, 6.07) is 13.6. The predicted molar refractivity (Wildman–Crippen MR) is 128 cm³/mol. The van der Waals surface area contributed by atoms with Crippen LogP contribution in [-0.4, -0.2) is 35.8 Å². The second-order valence-electron chi connectivity index (χ2n) is 6.84. The average Bonchev–Trinajstić information content (AvgIpc) is 2.76. The molecule has 0 aliphatic carbocycles. The van der Waals surface area contributed by atoms with Gasteiger partial charge in [0.1, 0.15) is 0 Å². The van der Waals surface area contributed by atoms with Gasteiger partial charge in [0.25, 0.3) is 5.91 Å². The molecule has 1 heterocycles. The molecular weight excluding hydrogens is 453 g/mol. The average molecular weight is 476 g/mol. The molecule has 3 aromatic rings. The van der Waals surface area contributed by atoms with E-state index < -0.39 is 0 Å². The number of amides is 1. The second-order valence-corrected chi connectivity index (χ2v) is 8.43. The Morgan fingerprint density at radius 3 is 2.42 bits per heavy atom. The summed E-state index contributed by atoms with van der Waals surface area (Å²) in [5.74, 6) is 0.158. The molecule has 1 aromatic heterocycles. The summed E-state index contributed by atoms with van der Waals surface area (Å²) in [7, 11) is 1.50. The van der Waals surface area contributed by atoms with E-state index in [4.69, 9.17) is 27.9 Å². The fourth-order valence-electron chi connectivity index (χ4n) is 3.24. The van der Waals surface area contributed by atoms with Crippen LogP contribution in [0.15, 0.2) is 47.6 Å². The van der Waals surface area contributed by atoms with Crippen molar-refractivity contribution in [3.05, 3.63) is 69.3 Å². The molecule has 0 unspecified atom stereocenters. The van der Waals surface area contributed by atoms with Gasteiger partial charge in [0.15, 0.2) is 10.9 Å². The summed E-state index contributed by atoms with van der Waals surface area (Å²) in [5.41, 5.74) is 3.37. The number of carbonyl (C=O) groups is 1. The first kappa shape index (κ1) is 23.4. The second kappa shape index (κ2) is 10.8. The van der Waals surface area contributed by atoms with Crippen LogP contribution in [0.1, 0.15) is 28.0 Å². The number of aryl methyl sites for hydroxylation is 2. The van der Waals surface area contributed by atoms with Crippen LogP contribution in [0.4, 0.5) is 0 Å². The van der Waals surface area contributed by atoms with Crippen molar-refractivity contribution in [1.82, 2.24) is 15.3 Å². The number of benzene rings is 2. The van der Waals surface area contributed by atoms with Gasteiger partial charge in [0.05, 0.1) is 34.1 Å². The molecule has 1 amide bonds. The molecule has 0 saturated carbocycles. The van der Waals surface area contributed by atoms with Gasteiger partial charge in [0.2, 0.25) is 0 Å². The first-order valence-electron chi connectivity index (χ1n) is 9.72. The summed E-state index contributed by atoms with van der Waals surface area (Å²) in [4.78, 5) is 22.1. The van der Waals surface area contributed by atoms with Gasteiger partial charge in [-0.1, -0.05) is 65.3 Å². The Kier molecular flexibility index (Phi) is 8.18. The summed E-state index contributed by atoms with van der Waals surface area (Å²) < 4.78 is 5.23. The lowest BCUT2D eigenvalue weighted by Crippen LogP contribution is -2.27. The molecule has 0 fully saturated rings. The van der Waals surface area contributed by atoms with Crippen molar-refractivity contribution in [2.24, 2.45) is 0 Å². The third kappa shape index (κ3) is 5.70. The number of nitrogens with one attached hydrogen (secondary N) is 1. The van der Waals surface area contributed by atoms with Gasteiger partial charge in [-0.3, -0.25) is 4.79 Å². The molecule has 2 aromatic carbocycles. The number of halogens is 2. The number of nitrogens with zero attached hydrogens (tertiary/aromatic N) is 2. The number of rotatable bonds is 8. The van der Waals surface area contributed by atoms with Crippen LogP contribution in [0.3, 0.4) is 0 Å². The monoisotopic (exact) mass is 475 g/mol. The summed E-state index contributed by atoms with van der Waals surface area (Å²) in [6.45, 7) is 2.34. The molecule has 0 aliphatic rings. The number of hydrogen-bond donors (Lipinski definition) is 1. The Balaban J connectivity index is 1.87. The predicted octanol–water partition coefficient (Wildman–Crippen LogP) is 5.85. The summed E-state index contributed by atoms with van der Waals surface area (Å²) >= 11 is 14.1. The maximum atomic E-state index is 13.1. The zero-order chi connectivity index (χ0) is 22.4. The number of thioether (sulfide) groups is 1. The minimum absolute atomic E-state index is 0.226. The van der Waals surface area contributed by atoms with Crippen molar-refractivity contribution < 1.29 is 9.53 Å². The van der Waals surface area contributed by atoms with Gasteiger partial charge in [-0.2, -0.15) is 0 Å². The van der Waals surface area contributed by atoms with Gasteiger partial charge in [-0.05, 0) is 43.7 Å². The van der Waals surface area contributed by atoms with E-state index in [2.05, 4.69) is 27.4 Å². The highest BCUT2D eigenvalue weighted by atomic mass is 35.5. The highest BCUT2D eigenvalue weighted by Gasteiger charge is 2.21. The van der Waals surface area contributed by atoms with Crippen LogP contribution in [0.2, 0.25) is 10.0 Å². The third-order valence-corrected chi connectivity index (χ3v) is 5.83. The number of methoxy groups -OCH3 is 1. The molecule has 3 rings (SSSR count). The van der Waals surface area contributed by atoms with Crippen molar-refractivity contribution in [3.63, 3.8) is 0 Å². The lowest BCUT2D eigenvalue weighted by Gasteiger charge is -2.15. The Morgan fingerprint density at radius 2 is 1.81 bits per heavy atom. The lowest BCUT2D eigenvalue weighted by atomic mass is 10.0. The zero-order valence-corrected chi connectivity index (χ0v) is 19.9. The minimum Gasteiger partial charge on any atom is -0.494 e. The fourth-order valence-corrected chi connectivity index (χ4v) is 4.29. The van der Waals surface area contributed by atoms with Crippen LogP contribution in [0.25, 0.3) is 11.3 Å². The Labute approximate surface area is 196 Å². The van der Waals surface area contributed by atoms with Gasteiger partial charge in [-0.15, -0.1) is 0 Å². The minimum atomic E-state index is -0.226. The first-order valence-corrected chi connectivity index (χ1v) is 11.7. The van der Waals surface area contributed by atoms with Gasteiger partial charge < -0.3 is 10.1 Å². The van der Waals surface area contributed by atoms with Crippen molar-refractivity contribution in [3.8, 4) is 17.0 Å². The van der Waals surface area contributed by atoms with E-state index in [0.29, 0.717) is 50.0 Å². The normalized spacial score (nSPS) is 10.7. The number of hydrogen-bond acceptors (Lipinski definition) is 5. The SMILES string of the molecule is COc1c(Cl)cc(-c2nc(SC)nc(C)c2C(=O)NCCCc2ccccc2)cc1Cl. The molecule has 0 radical (unpaired) electrons. The van der Waals surface area contributed by atoms with Crippen molar-refractivity contribution in [1.29, 1.82) is 0 Å². The largest absolute Gasteiger partial charge is 0.494 e. The van der Waals surface area contributed by atoms with Gasteiger partial charge in [-0.25, -0.2) is 9.97 Å². The fraction of sp³-hybridized carbons (Fsp3) is 0.261. The molecule has 0 bridgehead atoms. The molecule has 0 spiro atoms. The van der Waals surface area contributed by atoms with Gasteiger partial charge >= 0.3 is 0 Å². The smallest absolute Gasteiger partial charge is 0.255 e. The van der Waals surface area contributed by atoms with Crippen molar-refractivity contribution >= 4 is 40.9 Å². The maximum absolute atomic E-state index is 13.1. The van der Waals surface area contributed by atoms with E-state index in [1.54, 1.807) is 19.1 Å². The number of carbonyl (C=O) groups excluding carboxylic acids is 1. The molecule has 1 N–H and O–H groups in total. The first-order chi connectivity index (χ1) is 14.9. The van der Waals surface area contributed by atoms with Crippen molar-refractivity contribution in [2.75, 3.05) is 19.9 Å². The quantitative estimate of drug-likeness (QED) is 0.251. The molecule has 8 heteroatoms. The molecule has 5 nitrogen and oxygen atoms in total. The van der Waals surface area contributed by atoms with Crippen LogP contribution in [-0.2, 0) is 6.42 Å². The van der Waals surface area contributed by atoms with E-state index >= 15 is 0 Å². The van der Waals surface area contributed by atoms with Crippen LogP contribution >= 0.6 is 35.0 Å². The van der Waals surface area contributed by atoms with Gasteiger partial charge in [0, 0.05) is 12.1 Å². The highest BCUT2D eigenvalue weighted by molar-refractivity contribution is 7.98. The Morgan fingerprint density at radius 1 is 1.13 bits per heavy atom. The topological polar surface area (TPSA) is 64.1 Å². The number of ether oxygens (including phenoxy) is 1. The van der Waals surface area contributed by atoms with E-state index in [-0.39, 0.29) is 5.91 Å². The molecular formula is C23H23Cl2N3O2S. The van der Waals surface area contributed by atoms with Crippen molar-refractivity contribution in [2.45, 2.75) is 24.9 Å². The van der Waals surface area contributed by atoms with Crippen LogP contribution < -0.4 is 10.1 Å². The molecule has 162 valence electrons. The summed E-state index contributed by atoms with van der Waals surface area (Å²) in [6.07, 6.45) is 3.60. The van der Waals surface area contributed by atoms with E-state index in [0.717, 1.165) is 12.8 Å². The molecule has 0 aliphatic heterocycles. The molecule has 0 atom stereocenters. The Bertz CT molecular complexity index is 1050. The summed E-state index contributed by atoms with van der Waals surface area (Å²) in [5, 5.41) is 4.26. The standard InChI is InChI=1S/C23H23Cl2N3O2S/c1-14-19(22(29)26-11-7-10-15-8-5-4-6-9-15)20(28-23(27-14)31-3)16-12-17(24)21(30-2)18(25)13-16/h4-6,8-9,12-13H,7,10-11H2,1-3H3,(H,26,29). The maximum Gasteiger partial charge on any atom is 0.255 e. The zero-order valence-electron chi connectivity index (χ0n) is 17.5. The third-order valence-electron chi connectivity index (χ3n) is 4.73. The lowest BCUT2D eigenvalue weighted by molar-refractivity contribution is 0.0952. The molecule has 31 heavy (non-hydrogen) atoms. The van der Waals surface area contributed by atoms with E-state index in [1.165, 1.54) is 24.4 Å². The Hall–Kier alpha value is -2.28. The highest BCUT2D eigenvalue weighted by Crippen LogP contribution is 2.38. The van der Waals surface area contributed by atoms with Crippen LogP contribution in [0.5, 0.6) is 5.75 Å². The van der Waals surface area contributed by atoms with E-state index in [9.17, 15) is 4.79 Å². The number of aromatic nitrogens is 2. The molecule has 0 saturated heterocycles. The van der Waals surface area contributed by atoms with Crippen LogP contribution in [0, 0.1) is 6.92 Å². The van der Waals surface area contributed by atoms with E-state index in [1.807, 2.05) is 24.5 Å².